The van der Waals surface area contributed by atoms with Crippen molar-refractivity contribution in [2.45, 2.75) is 52.9 Å². The number of nitrogens with one attached hydrogen (secondary N) is 1. The van der Waals surface area contributed by atoms with Crippen molar-refractivity contribution in [2.24, 2.45) is 5.41 Å². The lowest BCUT2D eigenvalue weighted by atomic mass is 9.76. The van der Waals surface area contributed by atoms with Gasteiger partial charge in [0.05, 0.1) is 0 Å². The van der Waals surface area contributed by atoms with E-state index in [1.165, 1.54) is 32.1 Å². The summed E-state index contributed by atoms with van der Waals surface area (Å²) < 4.78 is 0. The second-order valence-electron chi connectivity index (χ2n) is 4.96. The molecule has 0 radical (unpaired) electrons. The van der Waals surface area contributed by atoms with Crippen LogP contribution in [-0.2, 0) is 0 Å². The van der Waals surface area contributed by atoms with Crippen molar-refractivity contribution in [1.82, 2.24) is 5.32 Å². The van der Waals surface area contributed by atoms with E-state index >= 15 is 0 Å². The molecule has 0 aromatic carbocycles. The molecule has 0 spiro atoms. The van der Waals surface area contributed by atoms with E-state index in [0.717, 1.165) is 13.1 Å². The van der Waals surface area contributed by atoms with Gasteiger partial charge < -0.3 is 5.32 Å². The van der Waals surface area contributed by atoms with E-state index in [1.807, 2.05) is 0 Å². The highest BCUT2D eigenvalue weighted by Gasteiger charge is 2.23. The Morgan fingerprint density at radius 1 is 1.36 bits per heavy atom. The lowest BCUT2D eigenvalue weighted by Gasteiger charge is -2.30. The van der Waals surface area contributed by atoms with E-state index in [-0.39, 0.29) is 0 Å². The number of hydrogen-bond acceptors (Lipinski definition) is 1. The molecule has 0 unspecified atom stereocenters. The van der Waals surface area contributed by atoms with Gasteiger partial charge in [0.2, 0.25) is 0 Å². The van der Waals surface area contributed by atoms with E-state index in [0.29, 0.717) is 5.41 Å². The summed E-state index contributed by atoms with van der Waals surface area (Å²) >= 11 is 0. The maximum Gasteiger partial charge on any atom is -0.00409 e. The summed E-state index contributed by atoms with van der Waals surface area (Å²) in [5, 5.41) is 3.42. The zero-order chi connectivity index (χ0) is 10.4. The van der Waals surface area contributed by atoms with E-state index in [9.17, 15) is 0 Å². The van der Waals surface area contributed by atoms with Gasteiger partial charge in [0.25, 0.3) is 0 Å². The number of allylic oxidation sites excluding steroid dienone is 2. The fourth-order valence-electron chi connectivity index (χ4n) is 2.19. The van der Waals surface area contributed by atoms with Crippen molar-refractivity contribution >= 4 is 0 Å². The fourth-order valence-corrected chi connectivity index (χ4v) is 2.19. The zero-order valence-electron chi connectivity index (χ0n) is 10.0. The highest BCUT2D eigenvalue weighted by molar-refractivity contribution is 5.14. The van der Waals surface area contributed by atoms with Crippen LogP contribution in [0.15, 0.2) is 11.6 Å². The second-order valence-corrected chi connectivity index (χ2v) is 4.96. The van der Waals surface area contributed by atoms with Gasteiger partial charge in [-0.2, -0.15) is 0 Å². The maximum atomic E-state index is 3.42. The third kappa shape index (κ3) is 3.45. The van der Waals surface area contributed by atoms with Crippen LogP contribution in [0.4, 0.5) is 0 Å². The molecule has 0 aromatic rings. The van der Waals surface area contributed by atoms with E-state index in [2.05, 4.69) is 32.2 Å². The molecule has 0 atom stereocenters. The molecule has 0 aromatic heterocycles. The third-order valence-electron chi connectivity index (χ3n) is 3.34. The van der Waals surface area contributed by atoms with Crippen LogP contribution in [0.3, 0.4) is 0 Å². The first-order chi connectivity index (χ1) is 6.67. The van der Waals surface area contributed by atoms with Gasteiger partial charge in [0.1, 0.15) is 0 Å². The quantitative estimate of drug-likeness (QED) is 0.523. The minimum atomic E-state index is 0.419. The Labute approximate surface area is 89.0 Å². The molecule has 1 N–H and O–H groups in total. The van der Waals surface area contributed by atoms with E-state index in [1.54, 1.807) is 5.57 Å². The van der Waals surface area contributed by atoms with Gasteiger partial charge in [-0.3, -0.25) is 0 Å². The molecule has 14 heavy (non-hydrogen) atoms. The predicted octanol–water partition coefficient (Wildman–Crippen LogP) is 3.51. The Morgan fingerprint density at radius 2 is 2.14 bits per heavy atom. The number of rotatable bonds is 5. The number of hydrogen-bond donors (Lipinski definition) is 1. The SMILES string of the molecule is CCNCCC(C)(C)C1=CCCCC1. The smallest absolute Gasteiger partial charge is 0.00409 e. The molecule has 1 rings (SSSR count). The average molecular weight is 195 g/mol. The molecular weight excluding hydrogens is 170 g/mol. The highest BCUT2D eigenvalue weighted by Crippen LogP contribution is 2.36. The van der Waals surface area contributed by atoms with Crippen molar-refractivity contribution in [3.63, 3.8) is 0 Å². The van der Waals surface area contributed by atoms with Crippen molar-refractivity contribution < 1.29 is 0 Å². The molecule has 0 saturated heterocycles. The van der Waals surface area contributed by atoms with Gasteiger partial charge in [-0.15, -0.1) is 0 Å². The minimum absolute atomic E-state index is 0.419. The van der Waals surface area contributed by atoms with Gasteiger partial charge >= 0.3 is 0 Å². The van der Waals surface area contributed by atoms with Crippen LogP contribution in [0.25, 0.3) is 0 Å². The zero-order valence-corrected chi connectivity index (χ0v) is 10.0. The highest BCUT2D eigenvalue weighted by atomic mass is 14.8. The molecule has 1 heteroatoms. The first-order valence-electron chi connectivity index (χ1n) is 6.07. The van der Waals surface area contributed by atoms with Gasteiger partial charge in [0.15, 0.2) is 0 Å². The normalized spacial score (nSPS) is 18.1. The molecule has 0 saturated carbocycles. The Kier molecular flexibility index (Phi) is 4.67. The molecule has 82 valence electrons. The van der Waals surface area contributed by atoms with Gasteiger partial charge in [-0.25, -0.2) is 0 Å². The van der Waals surface area contributed by atoms with Crippen LogP contribution in [0.1, 0.15) is 52.9 Å². The Balaban J connectivity index is 2.41. The maximum absolute atomic E-state index is 3.42. The fraction of sp³-hybridized carbons (Fsp3) is 0.846. The van der Waals surface area contributed by atoms with Gasteiger partial charge in [-0.05, 0) is 50.6 Å². The van der Waals surface area contributed by atoms with E-state index < -0.39 is 0 Å². The van der Waals surface area contributed by atoms with Crippen LogP contribution >= 0.6 is 0 Å². The first kappa shape index (κ1) is 11.8. The molecule has 0 amide bonds. The molecule has 1 aliphatic rings. The molecule has 0 heterocycles. The predicted molar refractivity (Wildman–Crippen MR) is 63.5 cm³/mol. The summed E-state index contributed by atoms with van der Waals surface area (Å²) in [6.45, 7) is 9.20. The van der Waals surface area contributed by atoms with Crippen molar-refractivity contribution in [1.29, 1.82) is 0 Å². The molecule has 0 bridgehead atoms. The van der Waals surface area contributed by atoms with Crippen LogP contribution in [0, 0.1) is 5.41 Å². The summed E-state index contributed by atoms with van der Waals surface area (Å²) in [5.41, 5.74) is 2.12. The lowest BCUT2D eigenvalue weighted by molar-refractivity contribution is 0.373. The summed E-state index contributed by atoms with van der Waals surface area (Å²) in [7, 11) is 0. The third-order valence-corrected chi connectivity index (χ3v) is 3.34. The van der Waals surface area contributed by atoms with Crippen LogP contribution < -0.4 is 5.32 Å². The Hall–Kier alpha value is -0.300. The molecular formula is C13H25N. The van der Waals surface area contributed by atoms with Gasteiger partial charge in [-0.1, -0.05) is 32.4 Å². The minimum Gasteiger partial charge on any atom is -0.317 e. The summed E-state index contributed by atoms with van der Waals surface area (Å²) in [5.74, 6) is 0. The van der Waals surface area contributed by atoms with Crippen molar-refractivity contribution in [2.75, 3.05) is 13.1 Å². The standard InChI is InChI=1S/C13H25N/c1-4-14-11-10-13(2,3)12-8-6-5-7-9-12/h8,14H,4-7,9-11H2,1-3H3. The average Bonchev–Trinajstić information content (AvgIpc) is 2.19. The van der Waals surface area contributed by atoms with Gasteiger partial charge in [0, 0.05) is 0 Å². The largest absolute Gasteiger partial charge is 0.317 e. The summed E-state index contributed by atoms with van der Waals surface area (Å²) in [4.78, 5) is 0. The second kappa shape index (κ2) is 5.55. The lowest BCUT2D eigenvalue weighted by Crippen LogP contribution is -2.24. The monoisotopic (exact) mass is 195 g/mol. The van der Waals surface area contributed by atoms with Crippen molar-refractivity contribution in [3.8, 4) is 0 Å². The van der Waals surface area contributed by atoms with Crippen molar-refractivity contribution in [3.05, 3.63) is 11.6 Å². The Morgan fingerprint density at radius 3 is 2.71 bits per heavy atom. The van der Waals surface area contributed by atoms with Crippen LogP contribution in [0.2, 0.25) is 0 Å². The molecule has 1 aliphatic carbocycles. The first-order valence-corrected chi connectivity index (χ1v) is 6.07. The summed E-state index contributed by atoms with van der Waals surface area (Å²) in [6.07, 6.45) is 9.18. The summed E-state index contributed by atoms with van der Waals surface area (Å²) in [6, 6.07) is 0. The topological polar surface area (TPSA) is 12.0 Å². The van der Waals surface area contributed by atoms with Crippen LogP contribution in [-0.4, -0.2) is 13.1 Å². The Bertz CT molecular complexity index is 191. The van der Waals surface area contributed by atoms with Crippen LogP contribution in [0.5, 0.6) is 0 Å². The molecule has 0 fully saturated rings. The molecule has 0 aliphatic heterocycles. The van der Waals surface area contributed by atoms with E-state index in [4.69, 9.17) is 0 Å². The molecule has 1 nitrogen and oxygen atoms in total.